The standard InChI is InChI=1S/C33H39F2N5O3/c1-4-38-12-9-21(16-31(38)41)24-13-22-7-5-10-39(33(42)43-3)20-28(22)30(15-24)40-11-6-8-23-14-26(25-18-36-37(2)19-25)27(32(34)35)17-29(23)40/h13-15,17-19,21,32H,4-12,16,20H2,1-3H3. The monoisotopic (exact) mass is 591 g/mol. The smallest absolute Gasteiger partial charge is 0.409 e. The zero-order valence-corrected chi connectivity index (χ0v) is 25.1. The average molecular weight is 592 g/mol. The van der Waals surface area contributed by atoms with Gasteiger partial charge in [-0.25, -0.2) is 13.6 Å². The highest BCUT2D eigenvalue weighted by Crippen LogP contribution is 2.44. The van der Waals surface area contributed by atoms with E-state index in [1.165, 1.54) is 7.11 Å². The number of nitrogens with zero attached hydrogens (tertiary/aromatic N) is 5. The molecule has 1 fully saturated rings. The van der Waals surface area contributed by atoms with E-state index >= 15 is 0 Å². The largest absolute Gasteiger partial charge is 0.453 e. The quantitative estimate of drug-likeness (QED) is 0.346. The van der Waals surface area contributed by atoms with E-state index in [-0.39, 0.29) is 23.5 Å². The fourth-order valence-electron chi connectivity index (χ4n) is 7.02. The average Bonchev–Trinajstić information content (AvgIpc) is 3.33. The van der Waals surface area contributed by atoms with Crippen LogP contribution in [0.2, 0.25) is 0 Å². The summed E-state index contributed by atoms with van der Waals surface area (Å²) >= 11 is 0. The minimum Gasteiger partial charge on any atom is -0.453 e. The van der Waals surface area contributed by atoms with Crippen LogP contribution in [0.1, 0.15) is 72.8 Å². The summed E-state index contributed by atoms with van der Waals surface area (Å²) in [6, 6.07) is 7.94. The van der Waals surface area contributed by atoms with Gasteiger partial charge in [0, 0.05) is 68.3 Å². The molecule has 3 aromatic rings. The molecule has 3 aliphatic rings. The Morgan fingerprint density at radius 1 is 1.07 bits per heavy atom. The molecule has 1 aromatic heterocycles. The molecule has 0 spiro atoms. The number of piperidine rings is 1. The minimum atomic E-state index is -2.66. The number of hydrogen-bond donors (Lipinski definition) is 0. The number of rotatable bonds is 5. The van der Waals surface area contributed by atoms with Crippen molar-refractivity contribution in [3.63, 3.8) is 0 Å². The highest BCUT2D eigenvalue weighted by molar-refractivity contribution is 5.80. The van der Waals surface area contributed by atoms with Gasteiger partial charge >= 0.3 is 6.09 Å². The molecule has 43 heavy (non-hydrogen) atoms. The maximum Gasteiger partial charge on any atom is 0.409 e. The highest BCUT2D eigenvalue weighted by Gasteiger charge is 2.32. The Hall–Kier alpha value is -3.95. The Morgan fingerprint density at radius 2 is 1.86 bits per heavy atom. The number of carbonyl (C=O) groups excluding carboxylic acids is 2. The number of aryl methyl sites for hydroxylation is 3. The first-order valence-corrected chi connectivity index (χ1v) is 15.2. The van der Waals surface area contributed by atoms with Crippen molar-refractivity contribution >= 4 is 23.4 Å². The number of hydrogen-bond acceptors (Lipinski definition) is 5. The predicted octanol–water partition coefficient (Wildman–Crippen LogP) is 6.35. The summed E-state index contributed by atoms with van der Waals surface area (Å²) in [7, 11) is 3.17. The second-order valence-electron chi connectivity index (χ2n) is 11.9. The molecule has 228 valence electrons. The fraction of sp³-hybridized carbons (Fsp3) is 0.485. The lowest BCUT2D eigenvalue weighted by Crippen LogP contribution is -2.38. The van der Waals surface area contributed by atoms with Crippen LogP contribution < -0.4 is 4.90 Å². The van der Waals surface area contributed by atoms with Crippen molar-refractivity contribution in [3.05, 3.63) is 64.5 Å². The number of halogens is 2. The highest BCUT2D eigenvalue weighted by atomic mass is 19.3. The Balaban J connectivity index is 1.48. The first-order chi connectivity index (χ1) is 20.8. The lowest BCUT2D eigenvalue weighted by atomic mass is 9.85. The third kappa shape index (κ3) is 5.59. The number of alkyl halides is 2. The Labute approximate surface area is 251 Å². The van der Waals surface area contributed by atoms with Crippen molar-refractivity contribution in [2.45, 2.75) is 64.3 Å². The van der Waals surface area contributed by atoms with Gasteiger partial charge in [-0.2, -0.15) is 5.10 Å². The van der Waals surface area contributed by atoms with Crippen LogP contribution in [0.4, 0.5) is 25.0 Å². The molecule has 0 saturated carbocycles. The summed E-state index contributed by atoms with van der Waals surface area (Å²) in [5.74, 6) is 0.257. The molecule has 1 unspecified atom stereocenters. The number of carbonyl (C=O) groups is 2. The number of fused-ring (bicyclic) bond motifs is 2. The molecule has 3 aliphatic heterocycles. The van der Waals surface area contributed by atoms with E-state index in [1.807, 2.05) is 17.9 Å². The van der Waals surface area contributed by atoms with Gasteiger partial charge in [-0.1, -0.05) is 6.07 Å². The number of methoxy groups -OCH3 is 1. The molecule has 6 rings (SSSR count). The van der Waals surface area contributed by atoms with Gasteiger partial charge < -0.3 is 19.4 Å². The normalized spacial score (nSPS) is 18.9. The molecule has 1 saturated heterocycles. The first kappa shape index (κ1) is 29.1. The van der Waals surface area contributed by atoms with E-state index in [0.717, 1.165) is 72.3 Å². The van der Waals surface area contributed by atoms with E-state index < -0.39 is 6.43 Å². The zero-order valence-electron chi connectivity index (χ0n) is 25.1. The third-order valence-electron chi connectivity index (χ3n) is 9.28. The predicted molar refractivity (Wildman–Crippen MR) is 161 cm³/mol. The molecule has 2 amide bonds. The van der Waals surface area contributed by atoms with Gasteiger partial charge in [-0.05, 0) is 91.0 Å². The molecular weight excluding hydrogens is 552 g/mol. The molecule has 0 aliphatic carbocycles. The third-order valence-corrected chi connectivity index (χ3v) is 9.28. The molecule has 10 heteroatoms. The van der Waals surface area contributed by atoms with Gasteiger partial charge in [-0.3, -0.25) is 9.48 Å². The summed E-state index contributed by atoms with van der Waals surface area (Å²) in [5, 5.41) is 4.21. The second-order valence-corrected chi connectivity index (χ2v) is 11.9. The maximum atomic E-state index is 14.6. The maximum absolute atomic E-state index is 14.6. The number of amides is 2. The van der Waals surface area contributed by atoms with Crippen molar-refractivity contribution in [1.29, 1.82) is 0 Å². The summed E-state index contributed by atoms with van der Waals surface area (Å²) in [4.78, 5) is 31.4. The van der Waals surface area contributed by atoms with E-state index in [4.69, 9.17) is 4.74 Å². The summed E-state index contributed by atoms with van der Waals surface area (Å²) < 4.78 is 35.9. The number of likely N-dealkylation sites (tertiary alicyclic amines) is 1. The fourth-order valence-corrected chi connectivity index (χ4v) is 7.02. The Kier molecular flexibility index (Phi) is 8.11. The molecular formula is C33H39F2N5O3. The van der Waals surface area contributed by atoms with Crippen LogP contribution in [0.5, 0.6) is 0 Å². The molecule has 0 bridgehead atoms. The zero-order chi connectivity index (χ0) is 30.2. The van der Waals surface area contributed by atoms with Crippen LogP contribution in [-0.2, 0) is 36.0 Å². The van der Waals surface area contributed by atoms with E-state index in [9.17, 15) is 18.4 Å². The summed E-state index contributed by atoms with van der Waals surface area (Å²) in [6.45, 7) is 5.07. The number of aromatic nitrogens is 2. The van der Waals surface area contributed by atoms with E-state index in [0.29, 0.717) is 43.7 Å². The number of ether oxygens (including phenoxy) is 1. The summed E-state index contributed by atoms with van der Waals surface area (Å²) in [5.41, 5.74) is 7.16. The van der Waals surface area contributed by atoms with Crippen molar-refractivity contribution in [2.24, 2.45) is 7.05 Å². The van der Waals surface area contributed by atoms with Crippen LogP contribution in [0.15, 0.2) is 36.7 Å². The number of anilines is 2. The lowest BCUT2D eigenvalue weighted by molar-refractivity contribution is -0.133. The minimum absolute atomic E-state index is 0.0189. The van der Waals surface area contributed by atoms with Crippen LogP contribution in [0.3, 0.4) is 0 Å². The number of benzene rings is 2. The molecule has 0 radical (unpaired) electrons. The van der Waals surface area contributed by atoms with Gasteiger partial charge in [0.15, 0.2) is 0 Å². The lowest BCUT2D eigenvalue weighted by Gasteiger charge is -2.36. The van der Waals surface area contributed by atoms with E-state index in [1.54, 1.807) is 35.1 Å². The van der Waals surface area contributed by atoms with Crippen molar-refractivity contribution in [1.82, 2.24) is 19.6 Å². The van der Waals surface area contributed by atoms with Crippen molar-refractivity contribution in [3.8, 4) is 11.1 Å². The SMILES string of the molecule is CCN1CCC(c2cc3c(c(N4CCCc5cc(-c6cnn(C)c6)c(C(F)F)cc54)c2)CN(C(=O)OC)CCC3)CC1=O. The Morgan fingerprint density at radius 3 is 2.56 bits per heavy atom. The van der Waals surface area contributed by atoms with Gasteiger partial charge in [-0.15, -0.1) is 0 Å². The first-order valence-electron chi connectivity index (χ1n) is 15.2. The van der Waals surface area contributed by atoms with Crippen LogP contribution in [0, 0.1) is 0 Å². The Bertz CT molecular complexity index is 1540. The van der Waals surface area contributed by atoms with Crippen LogP contribution >= 0.6 is 0 Å². The van der Waals surface area contributed by atoms with Crippen molar-refractivity contribution < 1.29 is 23.1 Å². The molecule has 1 atom stereocenters. The van der Waals surface area contributed by atoms with Gasteiger partial charge in [0.2, 0.25) is 5.91 Å². The van der Waals surface area contributed by atoms with Crippen molar-refractivity contribution in [2.75, 3.05) is 38.2 Å². The van der Waals surface area contributed by atoms with Gasteiger partial charge in [0.05, 0.1) is 19.9 Å². The summed E-state index contributed by atoms with van der Waals surface area (Å²) in [6.07, 6.45) is 4.93. The van der Waals surface area contributed by atoms with E-state index in [2.05, 4.69) is 22.1 Å². The molecule has 8 nitrogen and oxygen atoms in total. The van der Waals surface area contributed by atoms with Crippen LogP contribution in [0.25, 0.3) is 11.1 Å². The van der Waals surface area contributed by atoms with Crippen LogP contribution in [-0.4, -0.2) is 64.9 Å². The molecule has 2 aromatic carbocycles. The topological polar surface area (TPSA) is 70.9 Å². The molecule has 4 heterocycles. The van der Waals surface area contributed by atoms with Gasteiger partial charge in [0.25, 0.3) is 6.43 Å². The molecule has 0 N–H and O–H groups in total. The second kappa shape index (κ2) is 12.0. The van der Waals surface area contributed by atoms with Gasteiger partial charge in [0.1, 0.15) is 0 Å².